The molecule has 0 aliphatic carbocycles. The van der Waals surface area contributed by atoms with Crippen LogP contribution in [0.25, 0.3) is 0 Å². The van der Waals surface area contributed by atoms with Gasteiger partial charge in [0.25, 0.3) is 0 Å². The van der Waals surface area contributed by atoms with Crippen LogP contribution in [-0.2, 0) is 22.5 Å². The number of methoxy groups -OCH3 is 1. The summed E-state index contributed by atoms with van der Waals surface area (Å²) in [5.41, 5.74) is 2.06. The van der Waals surface area contributed by atoms with E-state index in [4.69, 9.17) is 4.74 Å². The van der Waals surface area contributed by atoms with Gasteiger partial charge in [-0.1, -0.05) is 44.7 Å². The van der Waals surface area contributed by atoms with Gasteiger partial charge < -0.3 is 14.6 Å². The third-order valence-electron chi connectivity index (χ3n) is 3.76. The number of carbonyl (C=O) groups excluding carboxylic acids is 1. The number of carbonyl (C=O) groups is 1. The minimum absolute atomic E-state index is 0.0540. The molecule has 0 aliphatic heterocycles. The number of thioether (sulfide) groups is 1. The van der Waals surface area contributed by atoms with E-state index in [2.05, 4.69) is 36.3 Å². The number of aromatic nitrogens is 3. The van der Waals surface area contributed by atoms with Gasteiger partial charge in [0.2, 0.25) is 5.91 Å². The molecule has 2 aromatic rings. The maximum Gasteiger partial charge on any atom is 0.234 e. The molecule has 0 unspecified atom stereocenters. The Kier molecular flexibility index (Phi) is 7.46. The third-order valence-corrected chi connectivity index (χ3v) is 4.73. The molecule has 0 aliphatic rings. The van der Waals surface area contributed by atoms with Crippen molar-refractivity contribution in [3.05, 3.63) is 35.7 Å². The lowest BCUT2D eigenvalue weighted by Gasteiger charge is -2.11. The molecule has 0 fully saturated rings. The third kappa shape index (κ3) is 5.57. The van der Waals surface area contributed by atoms with Gasteiger partial charge in [-0.05, 0) is 24.1 Å². The van der Waals surface area contributed by atoms with Gasteiger partial charge in [0.15, 0.2) is 5.16 Å². The molecule has 0 bridgehead atoms. The first-order valence-corrected chi connectivity index (χ1v) is 9.47. The van der Waals surface area contributed by atoms with Crippen molar-refractivity contribution in [1.82, 2.24) is 14.8 Å². The summed E-state index contributed by atoms with van der Waals surface area (Å²) < 4.78 is 7.19. The van der Waals surface area contributed by atoms with E-state index in [1.165, 1.54) is 17.3 Å². The van der Waals surface area contributed by atoms with Crippen LogP contribution in [0.1, 0.15) is 38.1 Å². The number of nitrogens with one attached hydrogen (secondary N) is 1. The summed E-state index contributed by atoms with van der Waals surface area (Å²) in [7, 11) is 1.67. The fraction of sp³-hybridized carbons (Fsp3) is 0.500. The number of anilines is 1. The highest BCUT2D eigenvalue weighted by Crippen LogP contribution is 2.21. The molecule has 1 amide bonds. The molecule has 0 saturated heterocycles. The second-order valence-corrected chi connectivity index (χ2v) is 6.97. The summed E-state index contributed by atoms with van der Waals surface area (Å²) in [5.74, 6) is 1.42. The smallest absolute Gasteiger partial charge is 0.234 e. The molecule has 25 heavy (non-hydrogen) atoms. The summed E-state index contributed by atoms with van der Waals surface area (Å²) in [4.78, 5) is 12.2. The predicted octanol–water partition coefficient (Wildman–Crippen LogP) is 3.34. The standard InChI is InChI=1S/C18H26N4O2S/c1-5-14-6-8-15(9-7-14)19-16(23)12-25-18-21-20-17(13(2)3)22(18)10-11-24-4/h6-9,13H,5,10-12H2,1-4H3,(H,19,23). The normalized spacial score (nSPS) is 11.1. The summed E-state index contributed by atoms with van der Waals surface area (Å²) in [6, 6.07) is 7.91. The van der Waals surface area contributed by atoms with E-state index < -0.39 is 0 Å². The number of benzene rings is 1. The Balaban J connectivity index is 1.96. The molecule has 0 atom stereocenters. The van der Waals surface area contributed by atoms with E-state index in [1.54, 1.807) is 7.11 Å². The first-order valence-electron chi connectivity index (χ1n) is 8.48. The zero-order chi connectivity index (χ0) is 18.2. The lowest BCUT2D eigenvalue weighted by atomic mass is 10.1. The highest BCUT2D eigenvalue weighted by molar-refractivity contribution is 7.99. The maximum absolute atomic E-state index is 12.2. The zero-order valence-corrected chi connectivity index (χ0v) is 16.1. The number of hydrogen-bond donors (Lipinski definition) is 1. The van der Waals surface area contributed by atoms with Crippen LogP contribution in [0.5, 0.6) is 0 Å². The van der Waals surface area contributed by atoms with Gasteiger partial charge in [-0.25, -0.2) is 0 Å². The minimum Gasteiger partial charge on any atom is -0.383 e. The van der Waals surface area contributed by atoms with Crippen molar-refractivity contribution >= 4 is 23.4 Å². The second-order valence-electron chi connectivity index (χ2n) is 6.03. The summed E-state index contributed by atoms with van der Waals surface area (Å²) in [5, 5.41) is 12.1. The fourth-order valence-electron chi connectivity index (χ4n) is 2.38. The van der Waals surface area contributed by atoms with Crippen molar-refractivity contribution < 1.29 is 9.53 Å². The van der Waals surface area contributed by atoms with Crippen LogP contribution < -0.4 is 5.32 Å². The van der Waals surface area contributed by atoms with Crippen molar-refractivity contribution in [2.75, 3.05) is 24.8 Å². The Morgan fingerprint density at radius 2 is 2.00 bits per heavy atom. The monoisotopic (exact) mass is 362 g/mol. The van der Waals surface area contributed by atoms with E-state index in [-0.39, 0.29) is 11.8 Å². The van der Waals surface area contributed by atoms with Gasteiger partial charge in [-0.3, -0.25) is 4.79 Å². The Labute approximate surface area is 153 Å². The van der Waals surface area contributed by atoms with Gasteiger partial charge in [0.05, 0.1) is 12.4 Å². The average molecular weight is 362 g/mol. The number of nitrogens with zero attached hydrogens (tertiary/aromatic N) is 3. The molecular formula is C18H26N4O2S. The van der Waals surface area contributed by atoms with Crippen LogP contribution >= 0.6 is 11.8 Å². The lowest BCUT2D eigenvalue weighted by Crippen LogP contribution is -2.15. The van der Waals surface area contributed by atoms with E-state index in [1.807, 2.05) is 28.8 Å². The lowest BCUT2D eigenvalue weighted by molar-refractivity contribution is -0.113. The topological polar surface area (TPSA) is 69.0 Å². The van der Waals surface area contributed by atoms with Gasteiger partial charge in [0, 0.05) is 25.3 Å². The molecule has 1 aromatic heterocycles. The molecule has 6 nitrogen and oxygen atoms in total. The Bertz CT molecular complexity index is 683. The molecule has 1 heterocycles. The largest absolute Gasteiger partial charge is 0.383 e. The minimum atomic E-state index is -0.0540. The van der Waals surface area contributed by atoms with Gasteiger partial charge in [-0.15, -0.1) is 10.2 Å². The van der Waals surface area contributed by atoms with Crippen LogP contribution in [0, 0.1) is 0 Å². The first kappa shape index (κ1) is 19.5. The van der Waals surface area contributed by atoms with E-state index in [0.29, 0.717) is 18.9 Å². The number of amides is 1. The van der Waals surface area contributed by atoms with Crippen molar-refractivity contribution in [1.29, 1.82) is 0 Å². The number of ether oxygens (including phenoxy) is 1. The summed E-state index contributed by atoms with van der Waals surface area (Å²) in [6.45, 7) is 7.53. The maximum atomic E-state index is 12.2. The van der Waals surface area contributed by atoms with Gasteiger partial charge in [-0.2, -0.15) is 0 Å². The Morgan fingerprint density at radius 1 is 1.28 bits per heavy atom. The highest BCUT2D eigenvalue weighted by atomic mass is 32.2. The Morgan fingerprint density at radius 3 is 2.60 bits per heavy atom. The van der Waals surface area contributed by atoms with E-state index in [9.17, 15) is 4.79 Å². The Hall–Kier alpha value is -1.86. The molecule has 1 N–H and O–H groups in total. The molecule has 1 aromatic carbocycles. The molecular weight excluding hydrogens is 336 g/mol. The average Bonchev–Trinajstić information content (AvgIpc) is 3.02. The van der Waals surface area contributed by atoms with Crippen LogP contribution in [-0.4, -0.2) is 40.1 Å². The van der Waals surface area contributed by atoms with Crippen LogP contribution in [0.2, 0.25) is 0 Å². The van der Waals surface area contributed by atoms with Crippen LogP contribution in [0.4, 0.5) is 5.69 Å². The SMILES string of the molecule is CCc1ccc(NC(=O)CSc2nnc(C(C)C)n2CCOC)cc1. The highest BCUT2D eigenvalue weighted by Gasteiger charge is 2.16. The van der Waals surface area contributed by atoms with E-state index in [0.717, 1.165) is 23.1 Å². The molecule has 7 heteroatoms. The second kappa shape index (κ2) is 9.58. The number of hydrogen-bond acceptors (Lipinski definition) is 5. The summed E-state index contributed by atoms with van der Waals surface area (Å²) in [6.07, 6.45) is 0.986. The summed E-state index contributed by atoms with van der Waals surface area (Å²) >= 11 is 1.39. The molecule has 2 rings (SSSR count). The van der Waals surface area contributed by atoms with Gasteiger partial charge >= 0.3 is 0 Å². The molecule has 0 radical (unpaired) electrons. The molecule has 0 saturated carbocycles. The van der Waals surface area contributed by atoms with Crippen molar-refractivity contribution in [2.24, 2.45) is 0 Å². The van der Waals surface area contributed by atoms with Crippen molar-refractivity contribution in [3.8, 4) is 0 Å². The quantitative estimate of drug-likeness (QED) is 0.693. The predicted molar refractivity (Wildman–Crippen MR) is 101 cm³/mol. The van der Waals surface area contributed by atoms with Crippen LogP contribution in [0.3, 0.4) is 0 Å². The molecule has 136 valence electrons. The number of aryl methyl sites for hydroxylation is 1. The number of rotatable bonds is 9. The van der Waals surface area contributed by atoms with Crippen molar-refractivity contribution in [3.63, 3.8) is 0 Å². The van der Waals surface area contributed by atoms with Crippen molar-refractivity contribution in [2.45, 2.75) is 44.8 Å². The van der Waals surface area contributed by atoms with Gasteiger partial charge in [0.1, 0.15) is 5.82 Å². The zero-order valence-electron chi connectivity index (χ0n) is 15.3. The van der Waals surface area contributed by atoms with Crippen LogP contribution in [0.15, 0.2) is 29.4 Å². The van der Waals surface area contributed by atoms with E-state index >= 15 is 0 Å². The first-order chi connectivity index (χ1) is 12.0. The molecule has 0 spiro atoms. The fourth-order valence-corrected chi connectivity index (χ4v) is 3.15.